The van der Waals surface area contributed by atoms with Gasteiger partial charge in [0.25, 0.3) is 0 Å². The Kier molecular flexibility index (Phi) is 5.67. The van der Waals surface area contributed by atoms with Crippen LogP contribution in [-0.2, 0) is 14.8 Å². The summed E-state index contributed by atoms with van der Waals surface area (Å²) in [6.45, 7) is 4.46. The smallest absolute Gasteiger partial charge is 0.310 e. The summed E-state index contributed by atoms with van der Waals surface area (Å²) in [5.74, 6) is -1.50. The third-order valence-electron chi connectivity index (χ3n) is 5.32. The van der Waals surface area contributed by atoms with Crippen molar-refractivity contribution in [2.45, 2.75) is 43.4 Å². The summed E-state index contributed by atoms with van der Waals surface area (Å²) in [5, 5.41) is 9.40. The number of hydrogen-bond donors (Lipinski definition) is 1. The van der Waals surface area contributed by atoms with E-state index in [1.165, 1.54) is 4.31 Å². The van der Waals surface area contributed by atoms with Crippen LogP contribution in [0.3, 0.4) is 0 Å². The van der Waals surface area contributed by atoms with E-state index in [4.69, 9.17) is 0 Å². The fourth-order valence-corrected chi connectivity index (χ4v) is 5.21. The fraction of sp³-hybridized carbons (Fsp3) is 0.381. The van der Waals surface area contributed by atoms with E-state index in [2.05, 4.69) is 0 Å². The molecule has 2 unspecified atom stereocenters. The van der Waals surface area contributed by atoms with Crippen molar-refractivity contribution in [3.8, 4) is 0 Å². The molecule has 2 aromatic carbocycles. The van der Waals surface area contributed by atoms with Crippen molar-refractivity contribution < 1.29 is 18.3 Å². The van der Waals surface area contributed by atoms with Gasteiger partial charge in [-0.25, -0.2) is 8.42 Å². The minimum atomic E-state index is -3.55. The number of piperidine rings is 1. The summed E-state index contributed by atoms with van der Waals surface area (Å²) in [4.78, 5) is 11.8. The average molecular weight is 388 g/mol. The number of carboxylic acid groups (broad SMARTS) is 1. The second-order valence-corrected chi connectivity index (χ2v) is 9.14. The molecule has 0 aliphatic carbocycles. The highest BCUT2D eigenvalue weighted by Gasteiger charge is 2.32. The molecule has 0 radical (unpaired) electrons. The highest BCUT2D eigenvalue weighted by atomic mass is 32.2. The zero-order chi connectivity index (χ0) is 19.6. The summed E-state index contributed by atoms with van der Waals surface area (Å²) in [5.41, 5.74) is 2.72. The number of sulfonamides is 1. The SMILES string of the molecule is Cc1ccc(S(=O)(=O)N2CCCC(c3ccccc3C(C)C(=O)O)C2)cc1. The topological polar surface area (TPSA) is 74.7 Å². The maximum absolute atomic E-state index is 13.0. The summed E-state index contributed by atoms with van der Waals surface area (Å²) < 4.78 is 27.6. The molecule has 1 heterocycles. The molecule has 1 fully saturated rings. The van der Waals surface area contributed by atoms with Crippen LogP contribution in [0.25, 0.3) is 0 Å². The lowest BCUT2D eigenvalue weighted by atomic mass is 9.84. The molecular weight excluding hydrogens is 362 g/mol. The molecule has 27 heavy (non-hydrogen) atoms. The largest absolute Gasteiger partial charge is 0.481 e. The number of aliphatic carboxylic acids is 1. The van der Waals surface area contributed by atoms with E-state index in [0.29, 0.717) is 18.0 Å². The van der Waals surface area contributed by atoms with Crippen molar-refractivity contribution in [2.24, 2.45) is 0 Å². The van der Waals surface area contributed by atoms with Gasteiger partial charge in [0.1, 0.15) is 0 Å². The molecule has 2 atom stereocenters. The maximum atomic E-state index is 13.0. The van der Waals surface area contributed by atoms with Gasteiger partial charge in [-0.05, 0) is 55.9 Å². The van der Waals surface area contributed by atoms with E-state index in [-0.39, 0.29) is 5.92 Å². The molecule has 0 spiro atoms. The average Bonchev–Trinajstić information content (AvgIpc) is 2.68. The van der Waals surface area contributed by atoms with Gasteiger partial charge in [0.05, 0.1) is 10.8 Å². The lowest BCUT2D eigenvalue weighted by Gasteiger charge is -2.33. The molecule has 0 aromatic heterocycles. The Morgan fingerprint density at radius 3 is 2.48 bits per heavy atom. The summed E-state index contributed by atoms with van der Waals surface area (Å²) >= 11 is 0. The first-order chi connectivity index (χ1) is 12.8. The van der Waals surface area contributed by atoms with Crippen molar-refractivity contribution in [2.75, 3.05) is 13.1 Å². The van der Waals surface area contributed by atoms with Gasteiger partial charge < -0.3 is 5.11 Å². The number of benzene rings is 2. The first-order valence-corrected chi connectivity index (χ1v) is 10.6. The highest BCUT2D eigenvalue weighted by Crippen LogP contribution is 2.34. The van der Waals surface area contributed by atoms with Crippen LogP contribution in [0.1, 0.15) is 48.3 Å². The van der Waals surface area contributed by atoms with E-state index in [0.717, 1.165) is 29.5 Å². The zero-order valence-electron chi connectivity index (χ0n) is 15.6. The van der Waals surface area contributed by atoms with Crippen molar-refractivity contribution in [3.63, 3.8) is 0 Å². The molecule has 3 rings (SSSR count). The molecule has 2 aromatic rings. The number of carbonyl (C=O) groups is 1. The third kappa shape index (κ3) is 4.06. The van der Waals surface area contributed by atoms with Crippen LogP contribution < -0.4 is 0 Å². The Hall–Kier alpha value is -2.18. The molecule has 0 amide bonds. The van der Waals surface area contributed by atoms with Crippen LogP contribution in [-0.4, -0.2) is 36.9 Å². The fourth-order valence-electron chi connectivity index (χ4n) is 3.68. The van der Waals surface area contributed by atoms with Crippen molar-refractivity contribution in [1.29, 1.82) is 0 Å². The van der Waals surface area contributed by atoms with Gasteiger partial charge in [-0.2, -0.15) is 4.31 Å². The molecule has 1 saturated heterocycles. The number of hydrogen-bond acceptors (Lipinski definition) is 3. The van der Waals surface area contributed by atoms with Crippen LogP contribution in [0.5, 0.6) is 0 Å². The predicted octanol–water partition coefficient (Wildman–Crippen LogP) is 3.75. The van der Waals surface area contributed by atoms with Gasteiger partial charge in [-0.15, -0.1) is 0 Å². The maximum Gasteiger partial charge on any atom is 0.310 e. The zero-order valence-corrected chi connectivity index (χ0v) is 16.4. The number of rotatable bonds is 5. The Bertz CT molecular complexity index is 921. The molecule has 0 bridgehead atoms. The quantitative estimate of drug-likeness (QED) is 0.848. The van der Waals surface area contributed by atoms with Crippen LogP contribution in [0.15, 0.2) is 53.4 Å². The van der Waals surface area contributed by atoms with E-state index in [1.807, 2.05) is 31.2 Å². The number of aryl methyl sites for hydroxylation is 1. The van der Waals surface area contributed by atoms with E-state index in [9.17, 15) is 18.3 Å². The predicted molar refractivity (Wildman–Crippen MR) is 104 cm³/mol. The van der Waals surface area contributed by atoms with Gasteiger partial charge in [0.15, 0.2) is 0 Å². The highest BCUT2D eigenvalue weighted by molar-refractivity contribution is 7.89. The second kappa shape index (κ2) is 7.82. The Morgan fingerprint density at radius 2 is 1.81 bits per heavy atom. The lowest BCUT2D eigenvalue weighted by molar-refractivity contribution is -0.138. The van der Waals surface area contributed by atoms with Gasteiger partial charge >= 0.3 is 5.97 Å². The van der Waals surface area contributed by atoms with Crippen LogP contribution in [0.2, 0.25) is 0 Å². The van der Waals surface area contributed by atoms with Crippen molar-refractivity contribution in [1.82, 2.24) is 4.31 Å². The standard InChI is InChI=1S/C21H25NO4S/c1-15-9-11-18(12-10-15)27(25,26)22-13-5-6-17(14-22)20-8-4-3-7-19(20)16(2)21(23)24/h3-4,7-12,16-17H,5-6,13-14H2,1-2H3,(H,23,24). The van der Waals surface area contributed by atoms with Gasteiger partial charge in [-0.1, -0.05) is 42.0 Å². The monoisotopic (exact) mass is 387 g/mol. The minimum absolute atomic E-state index is 0.00280. The van der Waals surface area contributed by atoms with Gasteiger partial charge in [0, 0.05) is 13.1 Å². The molecule has 1 aliphatic heterocycles. The van der Waals surface area contributed by atoms with Gasteiger partial charge in [0.2, 0.25) is 10.0 Å². The first-order valence-electron chi connectivity index (χ1n) is 9.19. The van der Waals surface area contributed by atoms with Crippen LogP contribution in [0.4, 0.5) is 0 Å². The van der Waals surface area contributed by atoms with Gasteiger partial charge in [-0.3, -0.25) is 4.79 Å². The Balaban J connectivity index is 1.89. The molecule has 144 valence electrons. The summed E-state index contributed by atoms with van der Waals surface area (Å²) in [7, 11) is -3.55. The number of carboxylic acids is 1. The van der Waals surface area contributed by atoms with Crippen LogP contribution in [0, 0.1) is 6.92 Å². The van der Waals surface area contributed by atoms with E-state index >= 15 is 0 Å². The van der Waals surface area contributed by atoms with E-state index in [1.54, 1.807) is 31.2 Å². The molecule has 0 saturated carbocycles. The minimum Gasteiger partial charge on any atom is -0.481 e. The number of nitrogens with zero attached hydrogens (tertiary/aromatic N) is 1. The second-order valence-electron chi connectivity index (χ2n) is 7.20. The van der Waals surface area contributed by atoms with Crippen molar-refractivity contribution in [3.05, 3.63) is 65.2 Å². The van der Waals surface area contributed by atoms with E-state index < -0.39 is 21.9 Å². The third-order valence-corrected chi connectivity index (χ3v) is 7.20. The summed E-state index contributed by atoms with van der Waals surface area (Å²) in [6, 6.07) is 14.4. The normalized spacial score (nSPS) is 19.6. The lowest BCUT2D eigenvalue weighted by Crippen LogP contribution is -2.39. The molecule has 6 heteroatoms. The Morgan fingerprint density at radius 1 is 1.15 bits per heavy atom. The molecule has 1 aliphatic rings. The molecule has 1 N–H and O–H groups in total. The molecule has 5 nitrogen and oxygen atoms in total. The molecular formula is C21H25NO4S. The first kappa shape index (κ1) is 19.6. The van der Waals surface area contributed by atoms with Crippen LogP contribution >= 0.6 is 0 Å². The summed E-state index contributed by atoms with van der Waals surface area (Å²) in [6.07, 6.45) is 1.61. The Labute approximate surface area is 160 Å². The van der Waals surface area contributed by atoms with Crippen molar-refractivity contribution >= 4 is 16.0 Å².